The van der Waals surface area contributed by atoms with Crippen molar-refractivity contribution in [1.29, 1.82) is 0 Å². The van der Waals surface area contributed by atoms with Gasteiger partial charge in [0.25, 0.3) is 0 Å². The van der Waals surface area contributed by atoms with E-state index >= 15 is 0 Å². The molecule has 0 radical (unpaired) electrons. The molecule has 2 aliphatic heterocycles. The smallest absolute Gasteiger partial charge is 0.231 e. The molecule has 3 aromatic rings. The van der Waals surface area contributed by atoms with Crippen molar-refractivity contribution in [1.82, 2.24) is 4.90 Å². The number of hydrogen-bond donors (Lipinski definition) is 1. The molecule has 34 heavy (non-hydrogen) atoms. The molecule has 3 aromatic carbocycles. The van der Waals surface area contributed by atoms with Crippen LogP contribution in [-0.4, -0.2) is 44.9 Å². The van der Waals surface area contributed by atoms with E-state index in [-0.39, 0.29) is 18.7 Å². The lowest BCUT2D eigenvalue weighted by Gasteiger charge is -2.38. The van der Waals surface area contributed by atoms with Gasteiger partial charge in [-0.1, -0.05) is 30.3 Å². The second-order valence-electron chi connectivity index (χ2n) is 8.37. The van der Waals surface area contributed by atoms with E-state index in [9.17, 15) is 4.79 Å². The van der Waals surface area contributed by atoms with Crippen LogP contribution in [0.2, 0.25) is 0 Å². The van der Waals surface area contributed by atoms with E-state index in [0.717, 1.165) is 18.7 Å². The largest absolute Gasteiger partial charge is 0.493 e. The second-order valence-corrected chi connectivity index (χ2v) is 8.37. The van der Waals surface area contributed by atoms with Gasteiger partial charge in [0, 0.05) is 31.3 Å². The molecule has 7 heteroatoms. The van der Waals surface area contributed by atoms with Gasteiger partial charge in [-0.3, -0.25) is 9.69 Å². The molecule has 0 aromatic heterocycles. The lowest BCUT2D eigenvalue weighted by molar-refractivity contribution is -0.116. The zero-order valence-electron chi connectivity index (χ0n) is 19.4. The molecule has 0 bridgehead atoms. The van der Waals surface area contributed by atoms with E-state index < -0.39 is 0 Å². The van der Waals surface area contributed by atoms with Gasteiger partial charge in [0.15, 0.2) is 23.0 Å². The van der Waals surface area contributed by atoms with Crippen LogP contribution >= 0.6 is 0 Å². The summed E-state index contributed by atoms with van der Waals surface area (Å²) >= 11 is 0. The number of methoxy groups -OCH3 is 2. The van der Waals surface area contributed by atoms with Crippen LogP contribution in [0.3, 0.4) is 0 Å². The normalized spacial score (nSPS) is 16.6. The van der Waals surface area contributed by atoms with Crippen molar-refractivity contribution >= 4 is 11.6 Å². The Morgan fingerprint density at radius 3 is 2.56 bits per heavy atom. The summed E-state index contributed by atoms with van der Waals surface area (Å²) in [5.41, 5.74) is 4.32. The molecule has 0 fully saturated rings. The third-order valence-electron chi connectivity index (χ3n) is 6.37. The highest BCUT2D eigenvalue weighted by molar-refractivity contribution is 5.91. The molecule has 0 aliphatic carbocycles. The van der Waals surface area contributed by atoms with E-state index in [1.54, 1.807) is 20.3 Å². The minimum absolute atomic E-state index is 0.0306. The zero-order chi connectivity index (χ0) is 23.5. The van der Waals surface area contributed by atoms with Crippen LogP contribution in [0.25, 0.3) is 0 Å². The van der Waals surface area contributed by atoms with Gasteiger partial charge in [-0.25, -0.2) is 0 Å². The number of amides is 1. The molecule has 1 N–H and O–H groups in total. The van der Waals surface area contributed by atoms with Crippen molar-refractivity contribution in [2.45, 2.75) is 18.9 Å². The first-order chi connectivity index (χ1) is 16.7. The van der Waals surface area contributed by atoms with Gasteiger partial charge < -0.3 is 24.3 Å². The minimum Gasteiger partial charge on any atom is -0.493 e. The number of carbonyl (C=O) groups excluding carboxylic acids is 1. The quantitative estimate of drug-likeness (QED) is 0.563. The Kier molecular flexibility index (Phi) is 6.27. The number of nitrogens with one attached hydrogen (secondary N) is 1. The number of nitrogens with zero attached hydrogens (tertiary/aromatic N) is 1. The van der Waals surface area contributed by atoms with Gasteiger partial charge in [0.2, 0.25) is 12.7 Å². The Morgan fingerprint density at radius 2 is 1.76 bits per heavy atom. The molecule has 1 unspecified atom stereocenters. The van der Waals surface area contributed by atoms with E-state index in [2.05, 4.69) is 46.6 Å². The highest BCUT2D eigenvalue weighted by atomic mass is 16.7. The molecular formula is C27H28N2O5. The number of anilines is 1. The summed E-state index contributed by atoms with van der Waals surface area (Å²) in [7, 11) is 3.32. The number of hydrogen-bond acceptors (Lipinski definition) is 6. The van der Waals surface area contributed by atoms with Gasteiger partial charge in [-0.15, -0.1) is 0 Å². The van der Waals surface area contributed by atoms with E-state index in [1.807, 2.05) is 18.2 Å². The molecule has 2 aliphatic rings. The topological polar surface area (TPSA) is 69.3 Å². The summed E-state index contributed by atoms with van der Waals surface area (Å²) < 4.78 is 21.9. The first kappa shape index (κ1) is 22.1. The monoisotopic (exact) mass is 460 g/mol. The van der Waals surface area contributed by atoms with Crippen molar-refractivity contribution in [2.75, 3.05) is 39.4 Å². The Morgan fingerprint density at radius 1 is 1.00 bits per heavy atom. The standard InChI is InChI=1S/C27H28N2O5/c1-31-23-14-19-10-12-29(27(18-6-4-3-5-7-18)21(19)16-24(23)32-2)13-11-26(30)28-20-8-9-22-25(15-20)34-17-33-22/h3-9,14-16,27H,10-13,17H2,1-2H3,(H,28,30). The molecule has 5 rings (SSSR count). The predicted octanol–water partition coefficient (Wildman–Crippen LogP) is 4.41. The fourth-order valence-corrected chi connectivity index (χ4v) is 4.71. The van der Waals surface area contributed by atoms with Crippen molar-refractivity contribution < 1.29 is 23.7 Å². The maximum absolute atomic E-state index is 12.8. The van der Waals surface area contributed by atoms with Crippen LogP contribution in [-0.2, 0) is 11.2 Å². The molecule has 7 nitrogen and oxygen atoms in total. The summed E-state index contributed by atoms with van der Waals surface area (Å²) in [6, 6.07) is 20.0. The number of benzene rings is 3. The summed E-state index contributed by atoms with van der Waals surface area (Å²) in [6.07, 6.45) is 1.25. The maximum Gasteiger partial charge on any atom is 0.231 e. The van der Waals surface area contributed by atoms with E-state index in [1.165, 1.54) is 16.7 Å². The zero-order valence-corrected chi connectivity index (χ0v) is 19.4. The van der Waals surface area contributed by atoms with Gasteiger partial charge in [0.05, 0.1) is 20.3 Å². The third-order valence-corrected chi connectivity index (χ3v) is 6.37. The third kappa shape index (κ3) is 4.39. The lowest BCUT2D eigenvalue weighted by atomic mass is 9.87. The summed E-state index contributed by atoms with van der Waals surface area (Å²) in [5, 5.41) is 2.98. The highest BCUT2D eigenvalue weighted by Crippen LogP contribution is 2.41. The summed E-state index contributed by atoms with van der Waals surface area (Å²) in [6.45, 7) is 1.68. The molecule has 0 saturated heterocycles. The Balaban J connectivity index is 1.35. The average Bonchev–Trinajstić information content (AvgIpc) is 3.34. The van der Waals surface area contributed by atoms with Crippen LogP contribution in [0, 0.1) is 0 Å². The highest BCUT2D eigenvalue weighted by Gasteiger charge is 2.30. The van der Waals surface area contributed by atoms with Gasteiger partial charge in [-0.05, 0) is 47.4 Å². The van der Waals surface area contributed by atoms with E-state index in [4.69, 9.17) is 18.9 Å². The van der Waals surface area contributed by atoms with Crippen LogP contribution < -0.4 is 24.3 Å². The average molecular weight is 461 g/mol. The van der Waals surface area contributed by atoms with Crippen molar-refractivity contribution in [3.63, 3.8) is 0 Å². The minimum atomic E-state index is -0.0382. The molecule has 2 heterocycles. The van der Waals surface area contributed by atoms with Gasteiger partial charge in [0.1, 0.15) is 0 Å². The number of fused-ring (bicyclic) bond motifs is 2. The van der Waals surface area contributed by atoms with Gasteiger partial charge >= 0.3 is 0 Å². The molecular weight excluding hydrogens is 432 g/mol. The summed E-state index contributed by atoms with van der Waals surface area (Å²) in [4.78, 5) is 15.1. The lowest BCUT2D eigenvalue weighted by Crippen LogP contribution is -2.38. The fourth-order valence-electron chi connectivity index (χ4n) is 4.71. The van der Waals surface area contributed by atoms with Crippen molar-refractivity contribution in [2.24, 2.45) is 0 Å². The van der Waals surface area contributed by atoms with Crippen LogP contribution in [0.1, 0.15) is 29.2 Å². The van der Waals surface area contributed by atoms with Crippen LogP contribution in [0.4, 0.5) is 5.69 Å². The molecule has 1 atom stereocenters. The summed E-state index contributed by atoms with van der Waals surface area (Å²) in [5.74, 6) is 2.76. The van der Waals surface area contributed by atoms with Crippen molar-refractivity contribution in [3.8, 4) is 23.0 Å². The second kappa shape index (κ2) is 9.65. The Hall–Kier alpha value is -3.71. The van der Waals surface area contributed by atoms with Crippen molar-refractivity contribution in [3.05, 3.63) is 77.4 Å². The Bertz CT molecular complexity index is 1180. The number of rotatable bonds is 7. The SMILES string of the molecule is COc1cc2c(cc1OC)C(c1ccccc1)N(CCC(=O)Nc1ccc3c(c1)OCO3)CC2. The first-order valence-corrected chi connectivity index (χ1v) is 11.4. The maximum atomic E-state index is 12.8. The molecule has 0 spiro atoms. The van der Waals surface area contributed by atoms with E-state index in [0.29, 0.717) is 35.9 Å². The predicted molar refractivity (Wildman–Crippen MR) is 129 cm³/mol. The fraction of sp³-hybridized carbons (Fsp3) is 0.296. The number of ether oxygens (including phenoxy) is 4. The molecule has 1 amide bonds. The number of carbonyl (C=O) groups is 1. The Labute approximate surface area is 199 Å². The first-order valence-electron chi connectivity index (χ1n) is 11.4. The molecule has 176 valence electrons. The van der Waals surface area contributed by atoms with Crippen LogP contribution in [0.5, 0.6) is 23.0 Å². The van der Waals surface area contributed by atoms with Gasteiger partial charge in [-0.2, -0.15) is 0 Å². The van der Waals surface area contributed by atoms with Crippen LogP contribution in [0.15, 0.2) is 60.7 Å². The molecule has 0 saturated carbocycles.